The average molecular weight is 338 g/mol. The maximum atomic E-state index is 12.9. The zero-order chi connectivity index (χ0) is 16.8. The summed E-state index contributed by atoms with van der Waals surface area (Å²) in [5.41, 5.74) is 0.911. The van der Waals surface area contributed by atoms with Gasteiger partial charge in [-0.15, -0.1) is 0 Å². The number of fused-ring (bicyclic) bond motifs is 1. The van der Waals surface area contributed by atoms with E-state index in [9.17, 15) is 18.3 Å². The Morgan fingerprint density at radius 3 is 2.78 bits per heavy atom. The summed E-state index contributed by atoms with van der Waals surface area (Å²) in [6.07, 6.45) is 1.15. The minimum atomic E-state index is -3.91. The highest BCUT2D eigenvalue weighted by Crippen LogP contribution is 2.26. The van der Waals surface area contributed by atoms with Gasteiger partial charge in [-0.25, -0.2) is 8.42 Å². The van der Waals surface area contributed by atoms with Crippen molar-refractivity contribution in [3.8, 4) is 0 Å². The molecule has 2 atom stereocenters. The number of carbonyl (C=O) groups is 1. The van der Waals surface area contributed by atoms with E-state index in [1.165, 1.54) is 6.07 Å². The van der Waals surface area contributed by atoms with E-state index in [0.29, 0.717) is 0 Å². The standard InChI is InChI=1S/C15H18N2O5S/c1-10-14(15(18)19)17(7-8-22-10)23(20,21)12-3-4-13-11(9-12)5-6-16(13)2/h3-6,9-10,14H,7-8H2,1-2H3,(H,18,19)/t10-,14+/m1/s1. The summed E-state index contributed by atoms with van der Waals surface area (Å²) in [5.74, 6) is -1.21. The van der Waals surface area contributed by atoms with Gasteiger partial charge in [-0.05, 0) is 31.2 Å². The van der Waals surface area contributed by atoms with E-state index in [0.717, 1.165) is 15.2 Å². The Morgan fingerprint density at radius 1 is 1.35 bits per heavy atom. The minimum absolute atomic E-state index is 0.0243. The molecule has 2 heterocycles. The van der Waals surface area contributed by atoms with Crippen LogP contribution < -0.4 is 0 Å². The lowest BCUT2D eigenvalue weighted by atomic mass is 10.1. The summed E-state index contributed by atoms with van der Waals surface area (Å²) in [7, 11) is -2.03. The maximum Gasteiger partial charge on any atom is 0.324 e. The highest BCUT2D eigenvalue weighted by atomic mass is 32.2. The fourth-order valence-electron chi connectivity index (χ4n) is 2.94. The summed E-state index contributed by atoms with van der Waals surface area (Å²) >= 11 is 0. The van der Waals surface area contributed by atoms with Gasteiger partial charge in [-0.1, -0.05) is 0 Å². The molecule has 3 rings (SSSR count). The summed E-state index contributed by atoms with van der Waals surface area (Å²) in [5, 5.41) is 10.2. The quantitative estimate of drug-likeness (QED) is 0.903. The fourth-order valence-corrected chi connectivity index (χ4v) is 4.60. The van der Waals surface area contributed by atoms with Crippen LogP contribution in [0.1, 0.15) is 6.92 Å². The van der Waals surface area contributed by atoms with Gasteiger partial charge >= 0.3 is 5.97 Å². The van der Waals surface area contributed by atoms with Gasteiger partial charge in [0.2, 0.25) is 10.0 Å². The van der Waals surface area contributed by atoms with Gasteiger partial charge in [0.25, 0.3) is 0 Å². The second-order valence-corrected chi connectivity index (χ2v) is 7.51. The molecule has 0 saturated carbocycles. The molecule has 0 spiro atoms. The summed E-state index contributed by atoms with van der Waals surface area (Å²) < 4.78 is 34.0. The molecule has 1 aliphatic rings. The van der Waals surface area contributed by atoms with Crippen LogP contribution in [0, 0.1) is 0 Å². The van der Waals surface area contributed by atoms with E-state index in [4.69, 9.17) is 4.74 Å². The molecule has 7 nitrogen and oxygen atoms in total. The fraction of sp³-hybridized carbons (Fsp3) is 0.400. The minimum Gasteiger partial charge on any atom is -0.480 e. The van der Waals surface area contributed by atoms with Crippen molar-refractivity contribution in [2.75, 3.05) is 13.2 Å². The lowest BCUT2D eigenvalue weighted by Crippen LogP contribution is -2.56. The van der Waals surface area contributed by atoms with Crippen LogP contribution in [0.2, 0.25) is 0 Å². The second-order valence-electron chi connectivity index (χ2n) is 5.62. The van der Waals surface area contributed by atoms with E-state index in [1.807, 2.05) is 23.9 Å². The number of aryl methyl sites for hydroxylation is 1. The Kier molecular flexibility index (Phi) is 3.91. The normalized spacial score (nSPS) is 23.2. The topological polar surface area (TPSA) is 88.8 Å². The third kappa shape index (κ3) is 2.62. The zero-order valence-electron chi connectivity index (χ0n) is 12.8. The van der Waals surface area contributed by atoms with Crippen molar-refractivity contribution in [2.24, 2.45) is 7.05 Å². The van der Waals surface area contributed by atoms with Crippen LogP contribution in [-0.2, 0) is 26.6 Å². The third-order valence-corrected chi connectivity index (χ3v) is 6.04. The van der Waals surface area contributed by atoms with Crippen LogP contribution in [0.5, 0.6) is 0 Å². The second kappa shape index (κ2) is 5.63. The monoisotopic (exact) mass is 338 g/mol. The highest BCUT2D eigenvalue weighted by Gasteiger charge is 2.42. The molecule has 0 aliphatic carbocycles. The molecule has 0 amide bonds. The van der Waals surface area contributed by atoms with E-state index in [1.54, 1.807) is 19.1 Å². The van der Waals surface area contributed by atoms with Crippen molar-refractivity contribution in [2.45, 2.75) is 24.0 Å². The molecule has 1 saturated heterocycles. The number of morpholine rings is 1. The molecule has 0 unspecified atom stereocenters. The molecule has 1 fully saturated rings. The van der Waals surface area contributed by atoms with Gasteiger partial charge in [-0.3, -0.25) is 4.79 Å². The molecule has 1 aromatic heterocycles. The first kappa shape index (κ1) is 16.0. The van der Waals surface area contributed by atoms with Crippen LogP contribution in [0.4, 0.5) is 0 Å². The van der Waals surface area contributed by atoms with E-state index < -0.39 is 28.1 Å². The number of ether oxygens (including phenoxy) is 1. The summed E-state index contributed by atoms with van der Waals surface area (Å²) in [6.45, 7) is 1.77. The van der Waals surface area contributed by atoms with Gasteiger partial charge in [0.1, 0.15) is 6.04 Å². The number of aromatic nitrogens is 1. The molecule has 0 bridgehead atoms. The van der Waals surface area contributed by atoms with Gasteiger partial charge in [-0.2, -0.15) is 4.31 Å². The molecule has 124 valence electrons. The maximum absolute atomic E-state index is 12.9. The summed E-state index contributed by atoms with van der Waals surface area (Å²) in [4.78, 5) is 11.6. The van der Waals surface area contributed by atoms with Crippen molar-refractivity contribution < 1.29 is 23.1 Å². The number of sulfonamides is 1. The number of rotatable bonds is 3. The van der Waals surface area contributed by atoms with Crippen LogP contribution in [0.15, 0.2) is 35.4 Å². The molecule has 2 aromatic rings. The molecule has 0 radical (unpaired) electrons. The Morgan fingerprint density at radius 2 is 2.09 bits per heavy atom. The summed E-state index contributed by atoms with van der Waals surface area (Å²) in [6, 6.07) is 5.41. The van der Waals surface area contributed by atoms with Crippen LogP contribution >= 0.6 is 0 Å². The molecule has 1 N–H and O–H groups in total. The largest absolute Gasteiger partial charge is 0.480 e. The number of carboxylic acids is 1. The molecule has 1 aliphatic heterocycles. The van der Waals surface area contributed by atoms with Crippen molar-refractivity contribution in [3.05, 3.63) is 30.5 Å². The van der Waals surface area contributed by atoms with Crippen molar-refractivity contribution in [1.82, 2.24) is 8.87 Å². The smallest absolute Gasteiger partial charge is 0.324 e. The third-order valence-electron chi connectivity index (χ3n) is 4.16. The number of hydrogen-bond acceptors (Lipinski definition) is 4. The van der Waals surface area contributed by atoms with Gasteiger partial charge < -0.3 is 14.4 Å². The van der Waals surface area contributed by atoms with Gasteiger partial charge in [0, 0.05) is 30.7 Å². The molecular formula is C15H18N2O5S. The number of nitrogens with zero attached hydrogens (tertiary/aromatic N) is 2. The van der Waals surface area contributed by atoms with Gasteiger partial charge in [0.05, 0.1) is 17.6 Å². The SMILES string of the molecule is C[C@H]1OCCN(S(=O)(=O)c2ccc3c(ccn3C)c2)[C@@H]1C(=O)O. The Labute approximate surface area is 134 Å². The molecule has 1 aromatic carbocycles. The highest BCUT2D eigenvalue weighted by molar-refractivity contribution is 7.89. The van der Waals surface area contributed by atoms with Crippen molar-refractivity contribution >= 4 is 26.9 Å². The van der Waals surface area contributed by atoms with E-state index in [2.05, 4.69) is 0 Å². The Hall–Kier alpha value is -1.90. The predicted octanol–water partition coefficient (Wildman–Crippen LogP) is 1.04. The van der Waals surface area contributed by atoms with Crippen LogP contribution in [0.25, 0.3) is 10.9 Å². The lowest BCUT2D eigenvalue weighted by Gasteiger charge is -2.36. The lowest BCUT2D eigenvalue weighted by molar-refractivity contribution is -0.150. The van der Waals surface area contributed by atoms with Crippen LogP contribution in [-0.4, -0.2) is 53.7 Å². The Bertz CT molecular complexity index is 858. The van der Waals surface area contributed by atoms with Crippen molar-refractivity contribution in [3.63, 3.8) is 0 Å². The number of aliphatic carboxylic acids is 1. The number of carboxylic acid groups (broad SMARTS) is 1. The first-order valence-electron chi connectivity index (χ1n) is 7.23. The first-order valence-corrected chi connectivity index (χ1v) is 8.68. The van der Waals surface area contributed by atoms with Crippen molar-refractivity contribution in [1.29, 1.82) is 0 Å². The molecular weight excluding hydrogens is 320 g/mol. The Balaban J connectivity index is 2.06. The van der Waals surface area contributed by atoms with E-state index in [-0.39, 0.29) is 18.0 Å². The van der Waals surface area contributed by atoms with Crippen LogP contribution in [0.3, 0.4) is 0 Å². The first-order chi connectivity index (χ1) is 10.8. The molecule has 8 heteroatoms. The number of hydrogen-bond donors (Lipinski definition) is 1. The average Bonchev–Trinajstić information content (AvgIpc) is 2.87. The number of benzene rings is 1. The zero-order valence-corrected chi connectivity index (χ0v) is 13.7. The van der Waals surface area contributed by atoms with Gasteiger partial charge in [0.15, 0.2) is 0 Å². The van der Waals surface area contributed by atoms with E-state index >= 15 is 0 Å². The predicted molar refractivity (Wildman–Crippen MR) is 83.6 cm³/mol. The molecule has 23 heavy (non-hydrogen) atoms.